The molecule has 7 heteroatoms. The third-order valence-corrected chi connectivity index (χ3v) is 4.29. The molecule has 0 bridgehead atoms. The number of nitrogens with zero attached hydrogens (tertiary/aromatic N) is 4. The normalized spacial score (nSPS) is 20.6. The van der Waals surface area contributed by atoms with Gasteiger partial charge in [0.1, 0.15) is 18.2 Å². The quantitative estimate of drug-likeness (QED) is 0.789. The van der Waals surface area contributed by atoms with E-state index < -0.39 is 0 Å². The van der Waals surface area contributed by atoms with Gasteiger partial charge in [0.2, 0.25) is 0 Å². The van der Waals surface area contributed by atoms with E-state index in [0.717, 1.165) is 35.1 Å². The maximum absolute atomic E-state index is 6.02. The minimum Gasteiger partial charge on any atom is -0.367 e. The van der Waals surface area contributed by atoms with Gasteiger partial charge in [-0.25, -0.2) is 9.97 Å². The maximum Gasteiger partial charge on any atom is 0.255 e. The fourth-order valence-electron chi connectivity index (χ4n) is 3.07. The van der Waals surface area contributed by atoms with Crippen molar-refractivity contribution in [3.8, 4) is 0 Å². The number of hydrogen-bond acceptors (Lipinski definition) is 7. The highest BCUT2D eigenvalue weighted by atomic mass is 16.5. The van der Waals surface area contributed by atoms with Gasteiger partial charge < -0.3 is 14.6 Å². The van der Waals surface area contributed by atoms with Gasteiger partial charge in [0.15, 0.2) is 5.82 Å². The average molecular weight is 325 g/mol. The molecule has 1 aliphatic rings. The number of fused-ring (bicyclic) bond motifs is 1. The lowest BCUT2D eigenvalue weighted by Crippen LogP contribution is -2.19. The smallest absolute Gasteiger partial charge is 0.255 e. The van der Waals surface area contributed by atoms with Crippen LogP contribution in [0.1, 0.15) is 36.2 Å². The molecule has 1 fully saturated rings. The molecular formula is C17H19N5O2. The molecule has 1 saturated heterocycles. The molecule has 0 aliphatic carbocycles. The Kier molecular flexibility index (Phi) is 3.86. The third-order valence-electron chi connectivity index (χ3n) is 4.29. The molecule has 0 amide bonds. The van der Waals surface area contributed by atoms with Gasteiger partial charge in [-0.3, -0.25) is 0 Å². The van der Waals surface area contributed by atoms with Crippen LogP contribution >= 0.6 is 0 Å². The molecule has 0 saturated carbocycles. The fraction of sp³-hybridized carbons (Fsp3) is 0.412. The van der Waals surface area contributed by atoms with Gasteiger partial charge >= 0.3 is 0 Å². The van der Waals surface area contributed by atoms with Crippen LogP contribution in [0.3, 0.4) is 0 Å². The van der Waals surface area contributed by atoms with Crippen molar-refractivity contribution in [2.45, 2.75) is 38.9 Å². The molecule has 2 aromatic heterocycles. The van der Waals surface area contributed by atoms with Crippen LogP contribution in [0.2, 0.25) is 0 Å². The molecule has 1 N–H and O–H groups in total. The maximum atomic E-state index is 6.02. The van der Waals surface area contributed by atoms with Crippen LogP contribution in [0.15, 0.2) is 29.0 Å². The molecule has 0 radical (unpaired) electrons. The van der Waals surface area contributed by atoms with Crippen molar-refractivity contribution in [3.05, 3.63) is 41.8 Å². The Morgan fingerprint density at radius 3 is 2.96 bits per heavy atom. The lowest BCUT2D eigenvalue weighted by Gasteiger charge is -2.14. The SMILES string of the molecule is Cc1noc([C@@H]2CC[C@H](CNc3ncnc4c(C)cccc34)O2)n1. The van der Waals surface area contributed by atoms with E-state index in [1.807, 2.05) is 19.1 Å². The van der Waals surface area contributed by atoms with Crippen molar-refractivity contribution in [2.75, 3.05) is 11.9 Å². The minimum absolute atomic E-state index is 0.0945. The highest BCUT2D eigenvalue weighted by molar-refractivity contribution is 5.90. The first-order valence-corrected chi connectivity index (χ1v) is 8.10. The molecule has 7 nitrogen and oxygen atoms in total. The highest BCUT2D eigenvalue weighted by Gasteiger charge is 2.30. The van der Waals surface area contributed by atoms with Crippen molar-refractivity contribution in [1.82, 2.24) is 20.1 Å². The Bertz CT molecular complexity index is 863. The number of benzene rings is 1. The molecule has 2 atom stereocenters. The van der Waals surface area contributed by atoms with Crippen LogP contribution in [-0.2, 0) is 4.74 Å². The van der Waals surface area contributed by atoms with Gasteiger partial charge in [0.25, 0.3) is 5.89 Å². The van der Waals surface area contributed by atoms with Crippen LogP contribution < -0.4 is 5.32 Å². The first-order chi connectivity index (χ1) is 11.7. The van der Waals surface area contributed by atoms with Crippen molar-refractivity contribution >= 4 is 16.7 Å². The van der Waals surface area contributed by atoms with Gasteiger partial charge in [0, 0.05) is 11.9 Å². The molecule has 3 heterocycles. The van der Waals surface area contributed by atoms with E-state index >= 15 is 0 Å². The number of aromatic nitrogens is 4. The van der Waals surface area contributed by atoms with Crippen LogP contribution in [0, 0.1) is 13.8 Å². The van der Waals surface area contributed by atoms with Crippen molar-refractivity contribution < 1.29 is 9.26 Å². The number of aryl methyl sites for hydroxylation is 2. The van der Waals surface area contributed by atoms with Crippen molar-refractivity contribution in [3.63, 3.8) is 0 Å². The molecule has 4 rings (SSSR count). The third kappa shape index (κ3) is 2.82. The Hall–Kier alpha value is -2.54. The molecule has 24 heavy (non-hydrogen) atoms. The Labute approximate surface area is 139 Å². The van der Waals surface area contributed by atoms with Gasteiger partial charge in [0.05, 0.1) is 11.6 Å². The van der Waals surface area contributed by atoms with Crippen LogP contribution in [0.5, 0.6) is 0 Å². The zero-order valence-corrected chi connectivity index (χ0v) is 13.7. The Morgan fingerprint density at radius 2 is 2.12 bits per heavy atom. The summed E-state index contributed by atoms with van der Waals surface area (Å²) in [7, 11) is 0. The van der Waals surface area contributed by atoms with Gasteiger partial charge in [-0.2, -0.15) is 4.98 Å². The number of nitrogens with one attached hydrogen (secondary N) is 1. The van der Waals surface area contributed by atoms with Gasteiger partial charge in [-0.15, -0.1) is 0 Å². The molecule has 0 unspecified atom stereocenters. The summed E-state index contributed by atoms with van der Waals surface area (Å²) in [6, 6.07) is 6.10. The second kappa shape index (κ2) is 6.16. The number of ether oxygens (including phenoxy) is 1. The second-order valence-corrected chi connectivity index (χ2v) is 6.08. The summed E-state index contributed by atoms with van der Waals surface area (Å²) in [5.74, 6) is 2.04. The first kappa shape index (κ1) is 15.0. The van der Waals surface area contributed by atoms with E-state index in [2.05, 4.69) is 38.4 Å². The largest absolute Gasteiger partial charge is 0.367 e. The number of rotatable bonds is 4. The fourth-order valence-corrected chi connectivity index (χ4v) is 3.07. The second-order valence-electron chi connectivity index (χ2n) is 6.08. The average Bonchev–Trinajstić information content (AvgIpc) is 3.22. The molecule has 3 aromatic rings. The zero-order valence-electron chi connectivity index (χ0n) is 13.7. The van der Waals surface area contributed by atoms with Crippen molar-refractivity contribution in [2.24, 2.45) is 0 Å². The Balaban J connectivity index is 1.44. The zero-order chi connectivity index (χ0) is 16.5. The standard InChI is InChI=1S/C17H19N5O2/c1-10-4-3-5-13-15(10)19-9-20-16(13)18-8-12-6-7-14(23-12)17-21-11(2)22-24-17/h3-5,9,12,14H,6-8H2,1-2H3,(H,18,19,20)/t12-,14+/m1/s1. The lowest BCUT2D eigenvalue weighted by molar-refractivity contribution is 0.0326. The highest BCUT2D eigenvalue weighted by Crippen LogP contribution is 2.32. The summed E-state index contributed by atoms with van der Waals surface area (Å²) in [4.78, 5) is 13.0. The lowest BCUT2D eigenvalue weighted by atomic mass is 10.1. The van der Waals surface area contributed by atoms with E-state index in [9.17, 15) is 0 Å². The number of anilines is 1. The summed E-state index contributed by atoms with van der Waals surface area (Å²) in [6.45, 7) is 4.54. The van der Waals surface area contributed by atoms with Crippen LogP contribution in [0.4, 0.5) is 5.82 Å². The summed E-state index contributed by atoms with van der Waals surface area (Å²) in [5, 5.41) is 8.24. The van der Waals surface area contributed by atoms with Crippen molar-refractivity contribution in [1.29, 1.82) is 0 Å². The molecule has 1 aromatic carbocycles. The minimum atomic E-state index is -0.109. The van der Waals surface area contributed by atoms with Crippen LogP contribution in [0.25, 0.3) is 10.9 Å². The van der Waals surface area contributed by atoms with E-state index in [1.54, 1.807) is 6.33 Å². The summed E-state index contributed by atoms with van der Waals surface area (Å²) in [6.07, 6.45) is 3.41. The predicted molar refractivity (Wildman–Crippen MR) is 88.6 cm³/mol. The first-order valence-electron chi connectivity index (χ1n) is 8.10. The number of hydrogen-bond donors (Lipinski definition) is 1. The van der Waals surface area contributed by atoms with E-state index in [-0.39, 0.29) is 12.2 Å². The Morgan fingerprint density at radius 1 is 1.21 bits per heavy atom. The topological polar surface area (TPSA) is 86.0 Å². The molecule has 0 spiro atoms. The molecule has 124 valence electrons. The molecular weight excluding hydrogens is 306 g/mol. The number of para-hydroxylation sites is 1. The predicted octanol–water partition coefficient (Wildman–Crippen LogP) is 2.96. The van der Waals surface area contributed by atoms with E-state index in [0.29, 0.717) is 18.3 Å². The molecule has 1 aliphatic heterocycles. The summed E-state index contributed by atoms with van der Waals surface area (Å²) in [5.41, 5.74) is 2.11. The monoisotopic (exact) mass is 325 g/mol. The summed E-state index contributed by atoms with van der Waals surface area (Å²) < 4.78 is 11.2. The van der Waals surface area contributed by atoms with Crippen LogP contribution in [-0.4, -0.2) is 32.8 Å². The van der Waals surface area contributed by atoms with E-state index in [1.165, 1.54) is 0 Å². The van der Waals surface area contributed by atoms with E-state index in [4.69, 9.17) is 9.26 Å². The van der Waals surface area contributed by atoms with Gasteiger partial charge in [-0.1, -0.05) is 17.3 Å². The van der Waals surface area contributed by atoms with Gasteiger partial charge in [-0.05, 0) is 38.3 Å². The summed E-state index contributed by atoms with van der Waals surface area (Å²) >= 11 is 0.